The van der Waals surface area contributed by atoms with Crippen LogP contribution in [-0.2, 0) is 0 Å². The molecule has 2 rings (SSSR count). The number of alkyl halides is 5. The van der Waals surface area contributed by atoms with Gasteiger partial charge in [0, 0.05) is 11.8 Å². The monoisotopic (exact) mass is 377 g/mol. The molecule has 2 aromatic rings. The maximum Gasteiger partial charge on any atom is 0.573 e. The summed E-state index contributed by atoms with van der Waals surface area (Å²) in [6.07, 6.45) is -4.90. The normalized spacial score (nSPS) is 11.2. The van der Waals surface area contributed by atoms with E-state index >= 15 is 0 Å². The molecular weight excluding hydrogens is 365 g/mol. The molecule has 0 saturated carbocycles. The summed E-state index contributed by atoms with van der Waals surface area (Å²) >= 11 is 0. The molecule has 0 heterocycles. The van der Waals surface area contributed by atoms with E-state index in [4.69, 9.17) is 4.74 Å². The molecular formula is C16H12F5NO4. The van der Waals surface area contributed by atoms with Crippen molar-refractivity contribution in [3.05, 3.63) is 48.0 Å². The van der Waals surface area contributed by atoms with Gasteiger partial charge in [-0.1, -0.05) is 12.1 Å². The molecule has 1 N–H and O–H groups in total. The number of nitrogens with one attached hydrogen (secondary N) is 1. The first-order valence-corrected chi connectivity index (χ1v) is 6.98. The predicted octanol–water partition coefficient (Wildman–Crippen LogP) is 4.45. The Morgan fingerprint density at radius 1 is 1.12 bits per heavy atom. The predicted molar refractivity (Wildman–Crippen MR) is 80.7 cm³/mol. The summed E-state index contributed by atoms with van der Waals surface area (Å²) in [5.74, 6) is -2.04. The zero-order chi connectivity index (χ0) is 19.3. The molecule has 0 fully saturated rings. The fourth-order valence-electron chi connectivity index (χ4n) is 2.04. The zero-order valence-corrected chi connectivity index (χ0v) is 13.1. The molecule has 2 aromatic carbocycles. The molecule has 0 aliphatic heterocycles. The largest absolute Gasteiger partial charge is 0.573 e. The van der Waals surface area contributed by atoms with E-state index in [0.717, 1.165) is 12.1 Å². The Kier molecular flexibility index (Phi) is 5.86. The van der Waals surface area contributed by atoms with Crippen molar-refractivity contribution in [3.63, 3.8) is 0 Å². The minimum absolute atomic E-state index is 0.0393. The van der Waals surface area contributed by atoms with Crippen LogP contribution < -0.4 is 19.5 Å². The van der Waals surface area contributed by atoms with Gasteiger partial charge in [-0.05, 0) is 24.3 Å². The van der Waals surface area contributed by atoms with Crippen LogP contribution in [0.5, 0.6) is 17.2 Å². The second-order valence-corrected chi connectivity index (χ2v) is 4.75. The Hall–Kier alpha value is -3.04. The summed E-state index contributed by atoms with van der Waals surface area (Å²) in [7, 11) is 1.20. The van der Waals surface area contributed by atoms with Gasteiger partial charge in [0.05, 0.1) is 12.7 Å². The average molecular weight is 377 g/mol. The Morgan fingerprint density at radius 3 is 2.42 bits per heavy atom. The minimum Gasteiger partial charge on any atom is -0.493 e. The standard InChI is InChI=1S/C16H12F5NO4/c1-24-12-7-3-6-11(13(12)25-15(17)18)14(23)22-9-4-2-5-10(8-9)26-16(19,20)21/h2-8,15H,1H3,(H,22,23). The average Bonchev–Trinajstić information content (AvgIpc) is 2.53. The third kappa shape index (κ3) is 5.23. The molecule has 0 bridgehead atoms. The lowest BCUT2D eigenvalue weighted by Gasteiger charge is -2.15. The lowest BCUT2D eigenvalue weighted by Crippen LogP contribution is -2.18. The summed E-state index contributed by atoms with van der Waals surface area (Å²) < 4.78 is 74.9. The number of amides is 1. The van der Waals surface area contributed by atoms with E-state index in [1.807, 2.05) is 0 Å². The zero-order valence-electron chi connectivity index (χ0n) is 13.1. The SMILES string of the molecule is COc1cccc(C(=O)Nc2cccc(OC(F)(F)F)c2)c1OC(F)F. The number of hydrogen-bond acceptors (Lipinski definition) is 4. The summed E-state index contributed by atoms with van der Waals surface area (Å²) in [6.45, 7) is -3.21. The summed E-state index contributed by atoms with van der Waals surface area (Å²) in [6, 6.07) is 8.38. The molecule has 0 atom stereocenters. The van der Waals surface area contributed by atoms with Gasteiger partial charge in [-0.2, -0.15) is 8.78 Å². The Balaban J connectivity index is 2.26. The van der Waals surface area contributed by atoms with Crippen LogP contribution in [-0.4, -0.2) is 26.0 Å². The van der Waals surface area contributed by atoms with E-state index in [-0.39, 0.29) is 17.0 Å². The molecule has 26 heavy (non-hydrogen) atoms. The van der Waals surface area contributed by atoms with E-state index < -0.39 is 30.4 Å². The first-order chi connectivity index (χ1) is 12.2. The van der Waals surface area contributed by atoms with Crippen molar-refractivity contribution in [2.75, 3.05) is 12.4 Å². The lowest BCUT2D eigenvalue weighted by molar-refractivity contribution is -0.274. The van der Waals surface area contributed by atoms with Gasteiger partial charge in [0.15, 0.2) is 11.5 Å². The van der Waals surface area contributed by atoms with Crippen LogP contribution in [0.3, 0.4) is 0 Å². The van der Waals surface area contributed by atoms with Crippen LogP contribution in [0.25, 0.3) is 0 Å². The van der Waals surface area contributed by atoms with Crippen LogP contribution in [0, 0.1) is 0 Å². The molecule has 0 aliphatic carbocycles. The van der Waals surface area contributed by atoms with Gasteiger partial charge in [0.25, 0.3) is 5.91 Å². The number of rotatable bonds is 6. The van der Waals surface area contributed by atoms with E-state index in [9.17, 15) is 26.7 Å². The number of anilines is 1. The number of para-hydroxylation sites is 1. The van der Waals surface area contributed by atoms with Gasteiger partial charge < -0.3 is 19.5 Å². The van der Waals surface area contributed by atoms with Crippen LogP contribution in [0.1, 0.15) is 10.4 Å². The van der Waals surface area contributed by atoms with Gasteiger partial charge in [-0.15, -0.1) is 13.2 Å². The fraction of sp³-hybridized carbons (Fsp3) is 0.188. The van der Waals surface area contributed by atoms with Crippen LogP contribution in [0.4, 0.5) is 27.6 Å². The number of methoxy groups -OCH3 is 1. The number of hydrogen-bond donors (Lipinski definition) is 1. The number of carbonyl (C=O) groups excluding carboxylic acids is 1. The molecule has 1 amide bonds. The third-order valence-corrected chi connectivity index (χ3v) is 2.98. The Labute approximate surface area is 144 Å². The highest BCUT2D eigenvalue weighted by atomic mass is 19.4. The maximum atomic E-state index is 12.6. The molecule has 0 radical (unpaired) electrons. The molecule has 0 unspecified atom stereocenters. The van der Waals surface area contributed by atoms with Crippen molar-refractivity contribution in [2.24, 2.45) is 0 Å². The molecule has 0 aromatic heterocycles. The maximum absolute atomic E-state index is 12.6. The smallest absolute Gasteiger partial charge is 0.493 e. The Bertz CT molecular complexity index is 779. The first kappa shape index (κ1) is 19.3. The van der Waals surface area contributed by atoms with Crippen molar-refractivity contribution in [3.8, 4) is 17.2 Å². The van der Waals surface area contributed by atoms with Gasteiger partial charge >= 0.3 is 13.0 Å². The quantitative estimate of drug-likeness (QED) is 0.756. The summed E-state index contributed by atoms with van der Waals surface area (Å²) in [5.41, 5.74) is -0.325. The molecule has 10 heteroatoms. The summed E-state index contributed by atoms with van der Waals surface area (Å²) in [4.78, 5) is 12.3. The van der Waals surface area contributed by atoms with Crippen LogP contribution >= 0.6 is 0 Å². The molecule has 0 spiro atoms. The van der Waals surface area contributed by atoms with E-state index in [1.54, 1.807) is 0 Å². The van der Waals surface area contributed by atoms with Crippen molar-refractivity contribution in [2.45, 2.75) is 13.0 Å². The topological polar surface area (TPSA) is 56.8 Å². The van der Waals surface area contributed by atoms with Gasteiger partial charge in [0.1, 0.15) is 5.75 Å². The van der Waals surface area contributed by atoms with E-state index in [0.29, 0.717) is 0 Å². The van der Waals surface area contributed by atoms with E-state index in [2.05, 4.69) is 14.8 Å². The molecule has 5 nitrogen and oxygen atoms in total. The third-order valence-electron chi connectivity index (χ3n) is 2.98. The van der Waals surface area contributed by atoms with Crippen molar-refractivity contribution >= 4 is 11.6 Å². The minimum atomic E-state index is -4.90. The number of halogens is 5. The Morgan fingerprint density at radius 2 is 1.81 bits per heavy atom. The fourth-order valence-corrected chi connectivity index (χ4v) is 2.04. The number of benzene rings is 2. The van der Waals surface area contributed by atoms with Crippen molar-refractivity contribution < 1.29 is 41.0 Å². The van der Waals surface area contributed by atoms with Crippen LogP contribution in [0.15, 0.2) is 42.5 Å². The van der Waals surface area contributed by atoms with Gasteiger partial charge in [-0.3, -0.25) is 4.79 Å². The van der Waals surface area contributed by atoms with Crippen molar-refractivity contribution in [1.29, 1.82) is 0 Å². The highest BCUT2D eigenvalue weighted by Crippen LogP contribution is 2.33. The number of carbonyl (C=O) groups is 1. The molecule has 0 saturated heterocycles. The van der Waals surface area contributed by atoms with Crippen LogP contribution in [0.2, 0.25) is 0 Å². The number of ether oxygens (including phenoxy) is 3. The van der Waals surface area contributed by atoms with Crippen molar-refractivity contribution in [1.82, 2.24) is 0 Å². The molecule has 0 aliphatic rings. The van der Waals surface area contributed by atoms with Gasteiger partial charge in [0.2, 0.25) is 0 Å². The lowest BCUT2D eigenvalue weighted by atomic mass is 10.1. The summed E-state index contributed by atoms with van der Waals surface area (Å²) in [5, 5.41) is 2.28. The second-order valence-electron chi connectivity index (χ2n) is 4.75. The van der Waals surface area contributed by atoms with E-state index in [1.165, 1.54) is 37.4 Å². The second kappa shape index (κ2) is 7.89. The highest BCUT2D eigenvalue weighted by molar-refractivity contribution is 6.06. The first-order valence-electron chi connectivity index (χ1n) is 6.98. The van der Waals surface area contributed by atoms with Gasteiger partial charge in [-0.25, -0.2) is 0 Å². The highest BCUT2D eigenvalue weighted by Gasteiger charge is 2.31. The molecule has 140 valence electrons.